The molecule has 13 heteroatoms. The molecule has 0 saturated carbocycles. The van der Waals surface area contributed by atoms with Gasteiger partial charge in [-0.3, -0.25) is 23.7 Å². The first-order valence-corrected chi connectivity index (χ1v) is 16.7. The third-order valence-corrected chi connectivity index (χ3v) is 10.0. The Labute approximate surface area is 249 Å². The van der Waals surface area contributed by atoms with Crippen molar-refractivity contribution >= 4 is 52.3 Å². The number of benzene rings is 1. The summed E-state index contributed by atoms with van der Waals surface area (Å²) in [5.41, 5.74) is 4.87. The number of rotatable bonds is 10. The Balaban J connectivity index is 1.50. The summed E-state index contributed by atoms with van der Waals surface area (Å²) in [5.74, 6) is -0.745. The average molecular weight is 619 g/mol. The maximum Gasteiger partial charge on any atom is 0.396 e. The summed E-state index contributed by atoms with van der Waals surface area (Å²) in [6, 6.07) is 4.14. The monoisotopic (exact) mass is 618 g/mol. The summed E-state index contributed by atoms with van der Waals surface area (Å²) in [6.45, 7) is 7.80. The van der Waals surface area contributed by atoms with Crippen LogP contribution in [-0.2, 0) is 14.2 Å². The normalized spacial score (nSPS) is 21.9. The number of hydrogen-bond donors (Lipinski definition) is 5. The molecule has 4 atom stereocenters. The predicted molar refractivity (Wildman–Crippen MR) is 161 cm³/mol. The summed E-state index contributed by atoms with van der Waals surface area (Å²) in [7, 11) is -4.94. The zero-order valence-corrected chi connectivity index (χ0v) is 25.6. The molecule has 2 fully saturated rings. The van der Waals surface area contributed by atoms with Crippen molar-refractivity contribution in [2.75, 3.05) is 0 Å². The molecule has 1 aromatic heterocycles. The number of amides is 3. The Morgan fingerprint density at radius 3 is 2.52 bits per heavy atom. The largest absolute Gasteiger partial charge is 0.403 e. The lowest BCUT2D eigenvalue weighted by atomic mass is 9.97. The molecule has 0 unspecified atom stereocenters. The Kier molecular flexibility index (Phi) is 9.92. The first kappa shape index (κ1) is 31.9. The van der Waals surface area contributed by atoms with E-state index in [9.17, 15) is 33.5 Å². The quantitative estimate of drug-likeness (QED) is 0.250. The van der Waals surface area contributed by atoms with Gasteiger partial charge in [0, 0.05) is 28.0 Å². The molecule has 0 bridgehead atoms. The number of thiophene rings is 1. The van der Waals surface area contributed by atoms with Crippen LogP contribution in [0.3, 0.4) is 0 Å². The van der Waals surface area contributed by atoms with E-state index >= 15 is 0 Å². The number of nitrogens with two attached hydrogens (primary N) is 1. The van der Waals surface area contributed by atoms with Gasteiger partial charge in [-0.15, -0.1) is 11.3 Å². The van der Waals surface area contributed by atoms with Crippen LogP contribution in [0.2, 0.25) is 0 Å². The molecule has 2 aromatic rings. The van der Waals surface area contributed by atoms with Crippen molar-refractivity contribution < 1.29 is 33.5 Å². The van der Waals surface area contributed by atoms with Crippen molar-refractivity contribution in [1.82, 2.24) is 15.5 Å². The highest BCUT2D eigenvalue weighted by Gasteiger charge is 2.44. The second-order valence-electron chi connectivity index (χ2n) is 11.6. The number of carbonyl (C=O) groups excluding carboxylic acids is 4. The maximum atomic E-state index is 13.9. The molecule has 3 heterocycles. The molecule has 4 rings (SSSR count). The van der Waals surface area contributed by atoms with E-state index in [1.807, 2.05) is 13.8 Å². The van der Waals surface area contributed by atoms with E-state index in [1.165, 1.54) is 24.3 Å². The van der Waals surface area contributed by atoms with Gasteiger partial charge >= 0.3 is 7.60 Å². The molecule has 2 saturated heterocycles. The van der Waals surface area contributed by atoms with Gasteiger partial charge in [0.1, 0.15) is 12.1 Å². The molecule has 228 valence electrons. The fraction of sp³-hybridized carbons (Fsp3) is 0.517. The zero-order valence-electron chi connectivity index (χ0n) is 23.9. The number of nitrogens with one attached hydrogen (secondary N) is 2. The molecule has 42 heavy (non-hydrogen) atoms. The number of allylic oxidation sites excluding steroid dienone is 1. The molecular formula is C29H39N4O7PS. The topological polar surface area (TPSA) is 179 Å². The molecule has 1 aromatic carbocycles. The van der Waals surface area contributed by atoms with Gasteiger partial charge in [-0.1, -0.05) is 33.3 Å². The third kappa shape index (κ3) is 7.29. The molecule has 6 N–H and O–H groups in total. The van der Waals surface area contributed by atoms with E-state index < -0.39 is 31.1 Å². The molecular weight excluding hydrogens is 579 g/mol. The lowest BCUT2D eigenvalue weighted by Gasteiger charge is -2.36. The van der Waals surface area contributed by atoms with Crippen LogP contribution in [0.4, 0.5) is 0 Å². The van der Waals surface area contributed by atoms with Crippen LogP contribution >= 0.6 is 18.9 Å². The number of carbonyl (C=O) groups is 4. The fourth-order valence-electron chi connectivity index (χ4n) is 5.80. The molecule has 3 amide bonds. The molecule has 0 radical (unpaired) electrons. The maximum absolute atomic E-state index is 13.9. The lowest BCUT2D eigenvalue weighted by Crippen LogP contribution is -2.57. The van der Waals surface area contributed by atoms with Crippen molar-refractivity contribution in [3.8, 4) is 0 Å². The standard InChI is InChI=1S/C29H39N4O7PS/c1-16(2)21(11-8-17(3)30)31-26(34)23-12-10-20-6-4-5-7-22(28(36)33(20)23)32-27(35)25-15-19-14-18(9-13-24(19)42-25)29(37)41(38,39)40/h9,13-16,20-23H,3-8,10-12,30H2,1-2H3,(H,31,34)(H,32,35)(H2,38,39,40)/t20-,21-,22-,23-/m0/s1. The summed E-state index contributed by atoms with van der Waals surface area (Å²) in [6.07, 6.45) is 5.42. The first-order valence-electron chi connectivity index (χ1n) is 14.3. The first-order chi connectivity index (χ1) is 19.8. The molecule has 2 aliphatic heterocycles. The highest BCUT2D eigenvalue weighted by atomic mass is 32.1. The average Bonchev–Trinajstić information content (AvgIpc) is 3.54. The number of fused-ring (bicyclic) bond motifs is 2. The second-order valence-corrected chi connectivity index (χ2v) is 14.1. The SMILES string of the molecule is C=C(N)CC[C@H](NC(=O)[C@@H]1CC[C@@H]2CCCC[C@H](NC(=O)c3cc4cc(C(=O)P(=O)(O)O)ccc4s3)C(=O)N21)C(C)C. The van der Waals surface area contributed by atoms with Crippen LogP contribution in [0.15, 0.2) is 36.5 Å². The van der Waals surface area contributed by atoms with Crippen molar-refractivity contribution in [3.05, 3.63) is 47.0 Å². The minimum Gasteiger partial charge on any atom is -0.403 e. The second kappa shape index (κ2) is 13.1. The summed E-state index contributed by atoms with van der Waals surface area (Å²) >= 11 is 1.15. The van der Waals surface area contributed by atoms with E-state index in [4.69, 9.17) is 5.73 Å². The van der Waals surface area contributed by atoms with Gasteiger partial charge in [-0.05, 0) is 74.1 Å². The van der Waals surface area contributed by atoms with E-state index in [0.717, 1.165) is 37.0 Å². The van der Waals surface area contributed by atoms with E-state index in [0.29, 0.717) is 46.3 Å². The minimum absolute atomic E-state index is 0.0661. The Morgan fingerprint density at radius 2 is 1.86 bits per heavy atom. The van der Waals surface area contributed by atoms with Crippen molar-refractivity contribution in [1.29, 1.82) is 0 Å². The van der Waals surface area contributed by atoms with Crippen molar-refractivity contribution in [3.63, 3.8) is 0 Å². The van der Waals surface area contributed by atoms with Crippen LogP contribution in [0, 0.1) is 5.92 Å². The van der Waals surface area contributed by atoms with Gasteiger partial charge in [-0.2, -0.15) is 0 Å². The van der Waals surface area contributed by atoms with Gasteiger partial charge in [0.2, 0.25) is 11.8 Å². The van der Waals surface area contributed by atoms with Gasteiger partial charge in [-0.25, -0.2) is 0 Å². The third-order valence-electron chi connectivity index (χ3n) is 8.10. The smallest absolute Gasteiger partial charge is 0.396 e. The van der Waals surface area contributed by atoms with Crippen LogP contribution in [0.25, 0.3) is 10.1 Å². The number of nitrogens with zero attached hydrogens (tertiary/aromatic N) is 1. The Bertz CT molecular complexity index is 1430. The zero-order chi connectivity index (χ0) is 30.8. The van der Waals surface area contributed by atoms with Crippen molar-refractivity contribution in [2.45, 2.75) is 89.4 Å². The predicted octanol–water partition coefficient (Wildman–Crippen LogP) is 3.64. The van der Waals surface area contributed by atoms with Gasteiger partial charge in [0.15, 0.2) is 0 Å². The Hall–Kier alpha value is -3.05. The van der Waals surface area contributed by atoms with Crippen LogP contribution < -0.4 is 16.4 Å². The van der Waals surface area contributed by atoms with E-state index in [2.05, 4.69) is 17.2 Å². The fourth-order valence-corrected chi connectivity index (χ4v) is 7.22. The van der Waals surface area contributed by atoms with Crippen LogP contribution in [0.5, 0.6) is 0 Å². The van der Waals surface area contributed by atoms with Gasteiger partial charge < -0.3 is 31.1 Å². The Morgan fingerprint density at radius 1 is 1.14 bits per heavy atom. The highest BCUT2D eigenvalue weighted by Crippen LogP contribution is 2.40. The molecule has 2 aliphatic rings. The van der Waals surface area contributed by atoms with Crippen LogP contribution in [-0.4, -0.2) is 62.1 Å². The van der Waals surface area contributed by atoms with Gasteiger partial charge in [0.05, 0.1) is 4.88 Å². The molecule has 0 spiro atoms. The minimum atomic E-state index is -4.94. The summed E-state index contributed by atoms with van der Waals surface area (Å²) < 4.78 is 12.0. The van der Waals surface area contributed by atoms with Crippen LogP contribution in [0.1, 0.15) is 85.2 Å². The van der Waals surface area contributed by atoms with E-state index in [-0.39, 0.29) is 35.4 Å². The highest BCUT2D eigenvalue weighted by molar-refractivity contribution is 7.70. The van der Waals surface area contributed by atoms with Crippen molar-refractivity contribution in [2.24, 2.45) is 11.7 Å². The number of hydrogen-bond acceptors (Lipinski definition) is 7. The summed E-state index contributed by atoms with van der Waals surface area (Å²) in [5, 5.41) is 6.49. The molecule has 0 aliphatic carbocycles. The lowest BCUT2D eigenvalue weighted by molar-refractivity contribution is -0.143. The summed E-state index contributed by atoms with van der Waals surface area (Å²) in [4.78, 5) is 73.1. The van der Waals surface area contributed by atoms with E-state index in [1.54, 1.807) is 4.90 Å². The van der Waals surface area contributed by atoms with Gasteiger partial charge in [0.25, 0.3) is 11.4 Å². The molecule has 11 nitrogen and oxygen atoms in total.